The maximum Gasteiger partial charge on any atom is 0.323 e. The number of ether oxygens (including phenoxy) is 1. The highest BCUT2D eigenvalue weighted by molar-refractivity contribution is 5.90. The first kappa shape index (κ1) is 23.1. The second-order valence-electron chi connectivity index (χ2n) is 7.78. The van der Waals surface area contributed by atoms with Crippen LogP contribution in [0, 0.1) is 5.92 Å². The second-order valence-corrected chi connectivity index (χ2v) is 7.78. The van der Waals surface area contributed by atoms with Crippen LogP contribution in [0.25, 0.3) is 6.08 Å². The third kappa shape index (κ3) is 8.35. The molecule has 1 amide bonds. The van der Waals surface area contributed by atoms with Crippen molar-refractivity contribution in [3.63, 3.8) is 0 Å². The summed E-state index contributed by atoms with van der Waals surface area (Å²) in [6.07, 6.45) is 8.55. The fourth-order valence-electron chi connectivity index (χ4n) is 3.51. The molecular weight excluding hydrogens is 370 g/mol. The summed E-state index contributed by atoms with van der Waals surface area (Å²) in [4.78, 5) is 25.8. The molecule has 1 saturated carbocycles. The molecule has 0 heterocycles. The lowest BCUT2D eigenvalue weighted by molar-refractivity contribution is -0.148. The zero-order chi connectivity index (χ0) is 21.1. The predicted molar refractivity (Wildman–Crippen MR) is 112 cm³/mol. The first-order valence-corrected chi connectivity index (χ1v) is 10.3. The fourth-order valence-corrected chi connectivity index (χ4v) is 3.51. The normalized spacial score (nSPS) is 16.1. The number of benzene rings is 1. The first-order chi connectivity index (χ1) is 14.0. The average molecular weight is 404 g/mol. The van der Waals surface area contributed by atoms with Gasteiger partial charge >= 0.3 is 5.97 Å². The molecule has 1 aliphatic carbocycles. The summed E-state index contributed by atoms with van der Waals surface area (Å²) in [5.74, 6) is -0.415. The van der Waals surface area contributed by atoms with Gasteiger partial charge in [0.25, 0.3) is 5.91 Å². The Kier molecular flexibility index (Phi) is 9.83. The van der Waals surface area contributed by atoms with Crippen LogP contribution in [-0.4, -0.2) is 55.3 Å². The Morgan fingerprint density at radius 1 is 1.21 bits per heavy atom. The molecule has 0 aromatic heterocycles. The molecule has 2 rings (SSSR count). The number of esters is 1. The van der Waals surface area contributed by atoms with Gasteiger partial charge < -0.3 is 15.0 Å². The zero-order valence-electron chi connectivity index (χ0n) is 17.4. The number of likely N-dealkylation sites (N-methyl/N-ethyl adjacent to an activating group) is 1. The van der Waals surface area contributed by atoms with E-state index in [-0.39, 0.29) is 12.0 Å². The number of nitrogens with one attached hydrogen (secondary N) is 2. The van der Waals surface area contributed by atoms with Gasteiger partial charge in [-0.15, -0.1) is 0 Å². The van der Waals surface area contributed by atoms with Gasteiger partial charge in [-0.1, -0.05) is 43.5 Å². The highest BCUT2D eigenvalue weighted by atomic mass is 16.5. The number of carbonyl (C=O) groups is 2. The Hall–Kier alpha value is -2.22. The van der Waals surface area contributed by atoms with Crippen molar-refractivity contribution in [3.8, 4) is 0 Å². The monoisotopic (exact) mass is 403 g/mol. The van der Waals surface area contributed by atoms with Crippen molar-refractivity contribution in [2.75, 3.05) is 27.2 Å². The third-order valence-corrected chi connectivity index (χ3v) is 5.20. The average Bonchev–Trinajstić information content (AvgIpc) is 2.73. The Labute approximate surface area is 173 Å². The number of nitrogens with zero attached hydrogens (tertiary/aromatic N) is 1. The van der Waals surface area contributed by atoms with Gasteiger partial charge in [-0.3, -0.25) is 14.8 Å². The number of carbonyl (C=O) groups excluding carboxylic acids is 2. The summed E-state index contributed by atoms with van der Waals surface area (Å²) in [5.41, 5.74) is 3.46. The summed E-state index contributed by atoms with van der Waals surface area (Å²) in [6, 6.07) is 7.41. The van der Waals surface area contributed by atoms with E-state index < -0.39 is 5.91 Å². The minimum absolute atomic E-state index is 0.159. The molecule has 1 aromatic rings. The maximum atomic E-state index is 12.7. The number of hydrogen-bond acceptors (Lipinski definition) is 6. The van der Waals surface area contributed by atoms with Crippen LogP contribution < -0.4 is 10.8 Å². The van der Waals surface area contributed by atoms with Crippen LogP contribution in [0.3, 0.4) is 0 Å². The number of hydrogen-bond donors (Lipinski definition) is 3. The van der Waals surface area contributed by atoms with E-state index in [1.807, 2.05) is 43.3 Å². The van der Waals surface area contributed by atoms with Crippen LogP contribution in [0.15, 0.2) is 30.3 Å². The van der Waals surface area contributed by atoms with Crippen LogP contribution >= 0.6 is 0 Å². The molecule has 0 unspecified atom stereocenters. The topological polar surface area (TPSA) is 90.9 Å². The Bertz CT molecular complexity index is 667. The van der Waals surface area contributed by atoms with Crippen molar-refractivity contribution in [2.24, 2.45) is 5.92 Å². The van der Waals surface area contributed by atoms with Crippen molar-refractivity contribution in [3.05, 3.63) is 41.5 Å². The smallest absolute Gasteiger partial charge is 0.323 e. The minimum atomic E-state index is -0.571. The van der Waals surface area contributed by atoms with Crippen molar-refractivity contribution >= 4 is 18.0 Å². The summed E-state index contributed by atoms with van der Waals surface area (Å²) >= 11 is 0. The van der Waals surface area contributed by atoms with E-state index in [9.17, 15) is 9.59 Å². The zero-order valence-corrected chi connectivity index (χ0v) is 17.4. The van der Waals surface area contributed by atoms with E-state index in [4.69, 9.17) is 9.94 Å². The van der Waals surface area contributed by atoms with Gasteiger partial charge in [0.1, 0.15) is 12.6 Å². The Morgan fingerprint density at radius 3 is 2.52 bits per heavy atom. The Morgan fingerprint density at radius 2 is 1.90 bits per heavy atom. The van der Waals surface area contributed by atoms with Crippen molar-refractivity contribution < 1.29 is 19.5 Å². The molecule has 7 heteroatoms. The van der Waals surface area contributed by atoms with Crippen molar-refractivity contribution in [2.45, 2.75) is 44.7 Å². The molecule has 0 radical (unpaired) electrons. The van der Waals surface area contributed by atoms with E-state index in [0.29, 0.717) is 25.6 Å². The van der Waals surface area contributed by atoms with Gasteiger partial charge in [0.2, 0.25) is 0 Å². The number of hydroxylamine groups is 1. The molecule has 0 bridgehead atoms. The highest BCUT2D eigenvalue weighted by Crippen LogP contribution is 2.27. The number of rotatable bonds is 10. The van der Waals surface area contributed by atoms with Gasteiger partial charge in [0.15, 0.2) is 0 Å². The third-order valence-electron chi connectivity index (χ3n) is 5.20. The lowest BCUT2D eigenvalue weighted by Gasteiger charge is -2.29. The van der Waals surface area contributed by atoms with E-state index >= 15 is 0 Å². The maximum absolute atomic E-state index is 12.7. The largest absolute Gasteiger partial charge is 0.463 e. The summed E-state index contributed by atoms with van der Waals surface area (Å²) in [7, 11) is 3.92. The SMILES string of the molecule is CN(C)CCOC(=O)[C@@H](NCc1ccc(C=CC(=O)NO)cc1)C1CCCCC1. The van der Waals surface area contributed by atoms with E-state index in [0.717, 1.165) is 36.8 Å². The van der Waals surface area contributed by atoms with Crippen LogP contribution in [-0.2, 0) is 20.9 Å². The highest BCUT2D eigenvalue weighted by Gasteiger charge is 2.30. The van der Waals surface area contributed by atoms with Gasteiger partial charge in [-0.05, 0) is 50.1 Å². The van der Waals surface area contributed by atoms with Crippen LogP contribution in [0.4, 0.5) is 0 Å². The van der Waals surface area contributed by atoms with Crippen LogP contribution in [0.2, 0.25) is 0 Å². The van der Waals surface area contributed by atoms with Gasteiger partial charge in [-0.2, -0.15) is 0 Å². The van der Waals surface area contributed by atoms with E-state index in [1.54, 1.807) is 11.6 Å². The van der Waals surface area contributed by atoms with Gasteiger partial charge in [0.05, 0.1) is 0 Å². The summed E-state index contributed by atoms with van der Waals surface area (Å²) < 4.78 is 5.53. The van der Waals surface area contributed by atoms with E-state index in [1.165, 1.54) is 12.5 Å². The molecule has 160 valence electrons. The molecule has 7 nitrogen and oxygen atoms in total. The van der Waals surface area contributed by atoms with Crippen molar-refractivity contribution in [1.29, 1.82) is 0 Å². The minimum Gasteiger partial charge on any atom is -0.463 e. The molecule has 1 atom stereocenters. The lowest BCUT2D eigenvalue weighted by atomic mass is 9.84. The molecule has 1 aromatic carbocycles. The second kappa shape index (κ2) is 12.4. The standard InChI is InChI=1S/C22H33N3O4/c1-25(2)14-15-29-22(27)21(19-6-4-3-5-7-19)23-16-18-10-8-17(9-11-18)12-13-20(26)24-28/h8-13,19,21,23,28H,3-7,14-16H2,1-2H3,(H,24,26)/t21-/m0/s1. The molecular formula is C22H33N3O4. The fraction of sp³-hybridized carbons (Fsp3) is 0.545. The molecule has 29 heavy (non-hydrogen) atoms. The van der Waals surface area contributed by atoms with E-state index in [2.05, 4.69) is 5.32 Å². The van der Waals surface area contributed by atoms with Crippen LogP contribution in [0.5, 0.6) is 0 Å². The van der Waals surface area contributed by atoms with Gasteiger partial charge in [-0.25, -0.2) is 5.48 Å². The Balaban J connectivity index is 1.94. The molecule has 1 fully saturated rings. The molecule has 3 N–H and O–H groups in total. The molecule has 0 spiro atoms. The summed E-state index contributed by atoms with van der Waals surface area (Å²) in [5, 5.41) is 11.9. The quantitative estimate of drug-likeness (QED) is 0.240. The summed E-state index contributed by atoms with van der Waals surface area (Å²) in [6.45, 7) is 1.69. The molecule has 0 aliphatic heterocycles. The van der Waals surface area contributed by atoms with Crippen LogP contribution in [0.1, 0.15) is 43.2 Å². The first-order valence-electron chi connectivity index (χ1n) is 10.3. The van der Waals surface area contributed by atoms with Gasteiger partial charge in [0, 0.05) is 19.2 Å². The van der Waals surface area contributed by atoms with Crippen molar-refractivity contribution in [1.82, 2.24) is 15.7 Å². The lowest BCUT2D eigenvalue weighted by Crippen LogP contribution is -2.44. The predicted octanol–water partition coefficient (Wildman–Crippen LogP) is 2.35. The molecule has 0 saturated heterocycles. The molecule has 1 aliphatic rings. The number of amides is 1.